The minimum atomic E-state index is -2.11. The predicted molar refractivity (Wildman–Crippen MR) is 139 cm³/mol. The number of rotatable bonds is 4. The summed E-state index contributed by atoms with van der Waals surface area (Å²) in [6.07, 6.45) is 3.75. The van der Waals surface area contributed by atoms with Crippen molar-refractivity contribution in [2.75, 3.05) is 0 Å². The van der Waals surface area contributed by atoms with Gasteiger partial charge in [0, 0.05) is 6.21 Å². The number of benzene rings is 4. The van der Waals surface area contributed by atoms with Crippen molar-refractivity contribution in [1.29, 1.82) is 0 Å². The number of hydrogen-bond acceptors (Lipinski definition) is 1. The van der Waals surface area contributed by atoms with E-state index in [0.717, 1.165) is 33.3 Å². The van der Waals surface area contributed by atoms with E-state index >= 15 is 0 Å². The first-order valence-corrected chi connectivity index (χ1v) is 21.0. The molecule has 33 heavy (non-hydrogen) atoms. The first-order valence-electron chi connectivity index (χ1n) is 10.1. The van der Waals surface area contributed by atoms with E-state index in [1.807, 2.05) is 36.7 Å². The Labute approximate surface area is 211 Å². The van der Waals surface area contributed by atoms with Gasteiger partial charge in [-0.15, -0.1) is 5.52 Å². The van der Waals surface area contributed by atoms with Crippen molar-refractivity contribution in [3.8, 4) is 22.3 Å². The van der Waals surface area contributed by atoms with Crippen molar-refractivity contribution >= 4 is 51.1 Å². The van der Waals surface area contributed by atoms with E-state index < -0.39 is 14.2 Å². The summed E-state index contributed by atoms with van der Waals surface area (Å²) in [5.41, 5.74) is 7.61. The van der Waals surface area contributed by atoms with Crippen LogP contribution in [-0.4, -0.2) is 6.21 Å². The molecule has 0 bridgehead atoms. The van der Waals surface area contributed by atoms with Crippen LogP contribution in [0.3, 0.4) is 0 Å². The molecule has 0 aliphatic heterocycles. The molecule has 0 unspecified atom stereocenters. The van der Waals surface area contributed by atoms with Gasteiger partial charge in [0.1, 0.15) is 0 Å². The molecule has 165 valence electrons. The maximum atomic E-state index is 5.00. The molecular weight excluding hydrogens is 643 g/mol. The van der Waals surface area contributed by atoms with E-state index in [1.165, 1.54) is 11.1 Å². The zero-order valence-corrected chi connectivity index (χ0v) is 22.6. The van der Waals surface area contributed by atoms with Crippen LogP contribution in [-0.2, 0) is 14.2 Å². The zero-order chi connectivity index (χ0) is 23.0. The number of nitrogens with zero attached hydrogens (tertiary/aromatic N) is 2. The van der Waals surface area contributed by atoms with Gasteiger partial charge in [0.15, 0.2) is 0 Å². The molecule has 0 saturated heterocycles. The molecule has 0 spiro atoms. The summed E-state index contributed by atoms with van der Waals surface area (Å²) in [5.74, 6) is 0. The number of hydrogen-bond donors (Lipinski definition) is 0. The summed E-state index contributed by atoms with van der Waals surface area (Å²) in [6.45, 7) is 0. The number of para-hydroxylation sites is 1. The zero-order valence-electron chi connectivity index (χ0n) is 17.4. The Balaban J connectivity index is 0.000000601. The van der Waals surface area contributed by atoms with E-state index in [0.29, 0.717) is 0 Å². The van der Waals surface area contributed by atoms with Gasteiger partial charge >= 0.3 is 42.4 Å². The van der Waals surface area contributed by atoms with Crippen LogP contribution >= 0.6 is 28.3 Å². The second-order valence-electron chi connectivity index (χ2n) is 7.16. The van der Waals surface area contributed by atoms with Gasteiger partial charge in [0.25, 0.3) is 0 Å². The topological polar surface area (TPSA) is 26.5 Å². The van der Waals surface area contributed by atoms with E-state index in [4.69, 9.17) is 33.2 Å². The number of fused-ring (bicyclic) bond motifs is 1. The van der Waals surface area contributed by atoms with Crippen LogP contribution < -0.4 is 4.98 Å². The molecule has 5 aromatic rings. The predicted octanol–water partition coefficient (Wildman–Crippen LogP) is 8.95. The fraction of sp³-hybridized carbons (Fsp3) is 0. The molecule has 6 heteroatoms. The summed E-state index contributed by atoms with van der Waals surface area (Å²) < 4.78 is 0. The van der Waals surface area contributed by atoms with Gasteiger partial charge in [-0.05, 0) is 51.4 Å². The summed E-state index contributed by atoms with van der Waals surface area (Å²) in [6, 6.07) is 35.6. The minimum absolute atomic E-state index is 0.925. The first kappa shape index (κ1) is 23.8. The second-order valence-corrected chi connectivity index (χ2v) is 19.9. The van der Waals surface area contributed by atoms with E-state index in [1.54, 1.807) is 0 Å². The monoisotopic (exact) mass is 660 g/mol. The number of halogens is 3. The first-order chi connectivity index (χ1) is 16.1. The molecule has 0 atom stereocenters. The van der Waals surface area contributed by atoms with Gasteiger partial charge in [-0.2, -0.15) is 6.20 Å². The molecule has 0 N–H and O–H groups in total. The van der Waals surface area contributed by atoms with Crippen molar-refractivity contribution in [3.05, 3.63) is 115 Å². The Hall–Kier alpha value is -2.35. The van der Waals surface area contributed by atoms with Gasteiger partial charge in [0.2, 0.25) is 0 Å². The third-order valence-corrected chi connectivity index (χ3v) is 5.04. The summed E-state index contributed by atoms with van der Waals surface area (Å²) in [4.78, 5) is 9.28. The Morgan fingerprint density at radius 2 is 1.21 bits per heavy atom. The third-order valence-electron chi connectivity index (χ3n) is 5.04. The molecule has 0 saturated carbocycles. The molecular formula is C27H19Cl3N2W-. The van der Waals surface area contributed by atoms with Crippen LogP contribution in [0.4, 0.5) is 5.69 Å². The van der Waals surface area contributed by atoms with E-state index in [-0.39, 0.29) is 0 Å². The van der Waals surface area contributed by atoms with Crippen LogP contribution in [0.25, 0.3) is 33.2 Å². The molecule has 2 nitrogen and oxygen atoms in total. The normalized spacial score (nSPS) is 11.0. The third kappa shape index (κ3) is 6.59. The standard InChI is InChI=1S/C27H19N2.3ClH.W/c1-3-8-20(9-4-1)24-16-25(21-10-5-2-6-11-21)18-26(17-24)29-19-23-13-7-12-22-14-15-28-27(22)23;;;;/h1-19H;3*1H;/q-1;;;;+3/p-3. The van der Waals surface area contributed by atoms with Crippen LogP contribution in [0.1, 0.15) is 5.56 Å². The van der Waals surface area contributed by atoms with Crippen molar-refractivity contribution in [2.24, 2.45) is 4.99 Å². The van der Waals surface area contributed by atoms with Gasteiger partial charge in [-0.1, -0.05) is 84.9 Å². The van der Waals surface area contributed by atoms with Crippen molar-refractivity contribution in [1.82, 2.24) is 4.98 Å². The Bertz CT molecular complexity index is 1290. The van der Waals surface area contributed by atoms with Crippen LogP contribution in [0, 0.1) is 0 Å². The van der Waals surface area contributed by atoms with Gasteiger partial charge in [0.05, 0.1) is 5.69 Å². The Kier molecular flexibility index (Phi) is 8.42. The van der Waals surface area contributed by atoms with Crippen LogP contribution in [0.5, 0.6) is 0 Å². The molecule has 0 amide bonds. The van der Waals surface area contributed by atoms with Gasteiger partial charge in [-0.25, -0.2) is 0 Å². The summed E-state index contributed by atoms with van der Waals surface area (Å²) in [5, 5.41) is 1.14. The average molecular weight is 662 g/mol. The Morgan fingerprint density at radius 3 is 1.79 bits per heavy atom. The molecule has 4 aromatic carbocycles. The van der Waals surface area contributed by atoms with Gasteiger partial charge < -0.3 is 4.98 Å². The quantitative estimate of drug-likeness (QED) is 0.177. The van der Waals surface area contributed by atoms with Gasteiger partial charge in [-0.3, -0.25) is 4.99 Å². The maximum absolute atomic E-state index is 5.00. The number of aliphatic imine (C=N–C) groups is 1. The van der Waals surface area contributed by atoms with Crippen LogP contribution in [0.2, 0.25) is 0 Å². The molecule has 0 fully saturated rings. The van der Waals surface area contributed by atoms with Crippen molar-refractivity contribution in [3.63, 3.8) is 0 Å². The summed E-state index contributed by atoms with van der Waals surface area (Å²) in [7, 11) is 15.0. The summed E-state index contributed by atoms with van der Waals surface area (Å²) >= 11 is -2.11. The van der Waals surface area contributed by atoms with E-state index in [2.05, 4.69) is 83.8 Å². The molecule has 1 aromatic heterocycles. The molecule has 0 aliphatic rings. The van der Waals surface area contributed by atoms with E-state index in [9.17, 15) is 0 Å². The van der Waals surface area contributed by atoms with Crippen molar-refractivity contribution in [2.45, 2.75) is 0 Å². The number of aromatic nitrogens is 1. The second kappa shape index (κ2) is 11.7. The molecule has 5 rings (SSSR count). The average Bonchev–Trinajstić information content (AvgIpc) is 3.33. The fourth-order valence-electron chi connectivity index (χ4n) is 3.58. The molecule has 0 radical (unpaired) electrons. The Morgan fingerprint density at radius 1 is 0.636 bits per heavy atom. The molecule has 1 heterocycles. The van der Waals surface area contributed by atoms with Crippen molar-refractivity contribution < 1.29 is 14.2 Å². The fourth-order valence-corrected chi connectivity index (χ4v) is 3.58. The molecule has 0 aliphatic carbocycles. The SMILES string of the molecule is C(=Nc1cc(-c2ccccc2)cc(-c2ccccc2)c1)c1cccc2cc[n-]c12.[Cl][W]([Cl])[Cl]. The van der Waals surface area contributed by atoms with Crippen LogP contribution in [0.15, 0.2) is 114 Å².